The van der Waals surface area contributed by atoms with Gasteiger partial charge in [0.1, 0.15) is 5.15 Å². The highest BCUT2D eigenvalue weighted by molar-refractivity contribution is 6.29. The number of aromatic nitrogens is 1. The number of pyridine rings is 1. The van der Waals surface area contributed by atoms with Crippen LogP contribution in [0, 0.1) is 6.92 Å². The molecule has 12 heavy (non-hydrogen) atoms. The first-order valence-corrected chi connectivity index (χ1v) is 4.29. The van der Waals surface area contributed by atoms with Gasteiger partial charge in [0.15, 0.2) is 0 Å². The molecule has 0 bridgehead atoms. The number of aryl methyl sites for hydroxylation is 1. The Kier molecular flexibility index (Phi) is 5.47. The van der Waals surface area contributed by atoms with E-state index in [0.29, 0.717) is 11.0 Å². The first kappa shape index (κ1) is 11.2. The number of hydrogen-bond acceptors (Lipinski definition) is 2. The number of halogens is 1. The first-order chi connectivity index (χ1) is 5.74. The normalized spacial score (nSPS) is 8.42. The van der Waals surface area contributed by atoms with Crippen LogP contribution in [0.5, 0.6) is 5.88 Å². The maximum Gasteiger partial charge on any atom is 0.217 e. The van der Waals surface area contributed by atoms with Crippen LogP contribution in [0.4, 0.5) is 0 Å². The van der Waals surface area contributed by atoms with Crippen molar-refractivity contribution in [2.45, 2.75) is 20.8 Å². The van der Waals surface area contributed by atoms with E-state index >= 15 is 0 Å². The number of nitrogens with zero attached hydrogens (tertiary/aromatic N) is 1. The average Bonchev–Trinajstić information content (AvgIpc) is 2.13. The molecule has 2 nitrogen and oxygen atoms in total. The maximum atomic E-state index is 5.60. The summed E-state index contributed by atoms with van der Waals surface area (Å²) in [7, 11) is 1.58. The molecule has 0 atom stereocenters. The van der Waals surface area contributed by atoms with Gasteiger partial charge in [0, 0.05) is 5.56 Å². The predicted molar refractivity (Wildman–Crippen MR) is 51.9 cm³/mol. The van der Waals surface area contributed by atoms with Crippen LogP contribution >= 0.6 is 11.6 Å². The van der Waals surface area contributed by atoms with Crippen LogP contribution in [0.15, 0.2) is 12.1 Å². The van der Waals surface area contributed by atoms with E-state index in [2.05, 4.69) is 4.98 Å². The third kappa shape index (κ3) is 3.09. The summed E-state index contributed by atoms with van der Waals surface area (Å²) in [5, 5.41) is 0.461. The number of rotatable bonds is 1. The lowest BCUT2D eigenvalue weighted by Crippen LogP contribution is -1.90. The van der Waals surface area contributed by atoms with Gasteiger partial charge in [0.2, 0.25) is 5.88 Å². The van der Waals surface area contributed by atoms with E-state index in [9.17, 15) is 0 Å². The molecule has 0 amide bonds. The zero-order valence-corrected chi connectivity index (χ0v) is 8.64. The molecule has 3 heteroatoms. The molecule has 0 aromatic carbocycles. The summed E-state index contributed by atoms with van der Waals surface area (Å²) < 4.78 is 4.93. The summed E-state index contributed by atoms with van der Waals surface area (Å²) in [6.07, 6.45) is 0. The van der Waals surface area contributed by atoms with Gasteiger partial charge < -0.3 is 4.74 Å². The highest BCUT2D eigenvalue weighted by atomic mass is 35.5. The summed E-state index contributed by atoms with van der Waals surface area (Å²) in [5.41, 5.74) is 0.993. The van der Waals surface area contributed by atoms with Crippen molar-refractivity contribution < 1.29 is 4.74 Å². The molecule has 0 saturated carbocycles. The van der Waals surface area contributed by atoms with Gasteiger partial charge in [-0.15, -0.1) is 0 Å². The molecule has 1 aromatic rings. The largest absolute Gasteiger partial charge is 0.481 e. The number of ether oxygens (including phenoxy) is 1. The molecule has 0 N–H and O–H groups in total. The van der Waals surface area contributed by atoms with Crippen LogP contribution in [0.3, 0.4) is 0 Å². The van der Waals surface area contributed by atoms with Crippen LogP contribution < -0.4 is 4.74 Å². The smallest absolute Gasteiger partial charge is 0.217 e. The fraction of sp³-hybridized carbons (Fsp3) is 0.444. The van der Waals surface area contributed by atoms with Crippen LogP contribution in [0.1, 0.15) is 19.4 Å². The van der Waals surface area contributed by atoms with Crippen molar-refractivity contribution in [2.24, 2.45) is 0 Å². The lowest BCUT2D eigenvalue weighted by atomic mass is 10.3. The summed E-state index contributed by atoms with van der Waals surface area (Å²) in [6, 6.07) is 3.60. The summed E-state index contributed by atoms with van der Waals surface area (Å²) in [5.74, 6) is 0.590. The molecule has 0 radical (unpaired) electrons. The van der Waals surface area contributed by atoms with Crippen molar-refractivity contribution in [3.8, 4) is 5.88 Å². The second kappa shape index (κ2) is 5.84. The van der Waals surface area contributed by atoms with Crippen LogP contribution in [-0.2, 0) is 0 Å². The Labute approximate surface area is 78.5 Å². The molecule has 0 aliphatic carbocycles. The Morgan fingerprint density at radius 3 is 2.33 bits per heavy atom. The SMILES string of the molecule is CC.COc1nc(Cl)ccc1C. The molecule has 0 unspecified atom stereocenters. The fourth-order valence-corrected chi connectivity index (χ4v) is 0.834. The van der Waals surface area contributed by atoms with Crippen LogP contribution in [0.2, 0.25) is 5.15 Å². The van der Waals surface area contributed by atoms with Crippen molar-refractivity contribution in [1.82, 2.24) is 4.98 Å². The Balaban J connectivity index is 0.000000561. The van der Waals surface area contributed by atoms with Gasteiger partial charge in [-0.05, 0) is 13.0 Å². The van der Waals surface area contributed by atoms with E-state index in [0.717, 1.165) is 5.56 Å². The van der Waals surface area contributed by atoms with E-state index in [1.807, 2.05) is 26.8 Å². The van der Waals surface area contributed by atoms with Gasteiger partial charge in [0.25, 0.3) is 0 Å². The molecule has 0 fully saturated rings. The Morgan fingerprint density at radius 1 is 1.33 bits per heavy atom. The zero-order valence-electron chi connectivity index (χ0n) is 7.89. The molecule has 1 rings (SSSR count). The lowest BCUT2D eigenvalue weighted by molar-refractivity contribution is 0.394. The number of hydrogen-bond donors (Lipinski definition) is 0. The van der Waals surface area contributed by atoms with Crippen molar-refractivity contribution in [2.75, 3.05) is 7.11 Å². The van der Waals surface area contributed by atoms with E-state index in [1.54, 1.807) is 13.2 Å². The van der Waals surface area contributed by atoms with Crippen LogP contribution in [0.25, 0.3) is 0 Å². The quantitative estimate of drug-likeness (QED) is 0.631. The third-order valence-electron chi connectivity index (χ3n) is 1.21. The first-order valence-electron chi connectivity index (χ1n) is 3.91. The van der Waals surface area contributed by atoms with E-state index < -0.39 is 0 Å². The van der Waals surface area contributed by atoms with Gasteiger partial charge >= 0.3 is 0 Å². The Morgan fingerprint density at radius 2 is 1.92 bits per heavy atom. The molecule has 1 aromatic heterocycles. The molecular formula is C9H14ClNO. The second-order valence-corrected chi connectivity index (χ2v) is 2.35. The maximum absolute atomic E-state index is 5.60. The number of methoxy groups -OCH3 is 1. The third-order valence-corrected chi connectivity index (χ3v) is 1.42. The predicted octanol–water partition coefficient (Wildman–Crippen LogP) is 3.08. The van der Waals surface area contributed by atoms with Crippen LogP contribution in [-0.4, -0.2) is 12.1 Å². The second-order valence-electron chi connectivity index (χ2n) is 1.96. The Hall–Kier alpha value is -0.760. The highest BCUT2D eigenvalue weighted by Gasteiger charge is 1.98. The van der Waals surface area contributed by atoms with E-state index in [-0.39, 0.29) is 0 Å². The van der Waals surface area contributed by atoms with Gasteiger partial charge in [-0.2, -0.15) is 0 Å². The van der Waals surface area contributed by atoms with Crippen molar-refractivity contribution >= 4 is 11.6 Å². The lowest BCUT2D eigenvalue weighted by Gasteiger charge is -2.01. The van der Waals surface area contributed by atoms with E-state index in [4.69, 9.17) is 16.3 Å². The molecule has 1 heterocycles. The van der Waals surface area contributed by atoms with Gasteiger partial charge in [0.05, 0.1) is 7.11 Å². The summed E-state index contributed by atoms with van der Waals surface area (Å²) >= 11 is 5.60. The standard InChI is InChI=1S/C7H8ClNO.C2H6/c1-5-3-4-6(8)9-7(5)10-2;1-2/h3-4H,1-2H3;1-2H3. The minimum Gasteiger partial charge on any atom is -0.481 e. The average molecular weight is 188 g/mol. The zero-order chi connectivity index (χ0) is 9.56. The highest BCUT2D eigenvalue weighted by Crippen LogP contribution is 2.16. The Bertz CT molecular complexity index is 238. The topological polar surface area (TPSA) is 22.1 Å². The summed E-state index contributed by atoms with van der Waals surface area (Å²) in [6.45, 7) is 5.92. The molecule has 0 saturated heterocycles. The minimum atomic E-state index is 0.461. The molecule has 68 valence electrons. The molecular weight excluding hydrogens is 174 g/mol. The van der Waals surface area contributed by atoms with Crippen molar-refractivity contribution in [3.63, 3.8) is 0 Å². The van der Waals surface area contributed by atoms with Gasteiger partial charge in [-0.3, -0.25) is 0 Å². The fourth-order valence-electron chi connectivity index (χ4n) is 0.694. The molecule has 0 aliphatic heterocycles. The van der Waals surface area contributed by atoms with Gasteiger partial charge in [-0.25, -0.2) is 4.98 Å². The molecule has 0 aliphatic rings. The van der Waals surface area contributed by atoms with Crippen molar-refractivity contribution in [1.29, 1.82) is 0 Å². The summed E-state index contributed by atoms with van der Waals surface area (Å²) in [4.78, 5) is 3.93. The minimum absolute atomic E-state index is 0.461. The van der Waals surface area contributed by atoms with Crippen molar-refractivity contribution in [3.05, 3.63) is 22.8 Å². The monoisotopic (exact) mass is 187 g/mol. The van der Waals surface area contributed by atoms with E-state index in [1.165, 1.54) is 0 Å². The van der Waals surface area contributed by atoms with Gasteiger partial charge in [-0.1, -0.05) is 31.5 Å². The molecule has 0 spiro atoms.